The summed E-state index contributed by atoms with van der Waals surface area (Å²) < 4.78 is 0. The van der Waals surface area contributed by atoms with E-state index >= 15 is 0 Å². The number of halogens is 1. The van der Waals surface area contributed by atoms with E-state index in [9.17, 15) is 4.79 Å². The first-order valence-corrected chi connectivity index (χ1v) is 5.64. The zero-order chi connectivity index (χ0) is 12.4. The molecule has 0 saturated heterocycles. The molecule has 5 heteroatoms. The maximum Gasteiger partial charge on any atom is 0.270 e. The van der Waals surface area contributed by atoms with Gasteiger partial charge in [-0.25, -0.2) is 0 Å². The van der Waals surface area contributed by atoms with Crippen LogP contribution in [0.4, 0.5) is 0 Å². The fourth-order valence-corrected chi connectivity index (χ4v) is 1.86. The topological polar surface area (TPSA) is 56.3 Å². The Morgan fingerprint density at radius 3 is 2.94 bits per heavy atom. The number of aliphatic hydroxyl groups is 1. The number of carbonyl (C=O) groups excluding carboxylic acids is 1. The molecule has 1 amide bonds. The zero-order valence-electron chi connectivity index (χ0n) is 9.40. The van der Waals surface area contributed by atoms with Crippen molar-refractivity contribution in [3.05, 3.63) is 35.0 Å². The van der Waals surface area contributed by atoms with Crippen molar-refractivity contribution in [2.45, 2.75) is 0 Å². The summed E-state index contributed by atoms with van der Waals surface area (Å²) in [6.45, 7) is 0.267. The summed E-state index contributed by atoms with van der Waals surface area (Å²) in [5.74, 6) is -0.147. The Morgan fingerprint density at radius 1 is 1.47 bits per heavy atom. The number of aromatic nitrogens is 1. The molecule has 17 heavy (non-hydrogen) atoms. The number of rotatable bonds is 3. The number of amides is 1. The number of hydrogen-bond acceptors (Lipinski definition) is 2. The lowest BCUT2D eigenvalue weighted by Gasteiger charge is -2.13. The Morgan fingerprint density at radius 2 is 2.24 bits per heavy atom. The van der Waals surface area contributed by atoms with Gasteiger partial charge in [-0.05, 0) is 24.3 Å². The third-order valence-electron chi connectivity index (χ3n) is 2.60. The molecule has 0 atom stereocenters. The molecule has 4 nitrogen and oxygen atoms in total. The molecule has 1 aromatic carbocycles. The molecule has 0 saturated carbocycles. The second-order valence-electron chi connectivity index (χ2n) is 3.86. The van der Waals surface area contributed by atoms with Crippen LogP contribution in [-0.2, 0) is 0 Å². The number of benzene rings is 1. The maximum atomic E-state index is 11.9. The van der Waals surface area contributed by atoms with Crippen molar-refractivity contribution in [2.24, 2.45) is 0 Å². The average Bonchev–Trinajstić information content (AvgIpc) is 2.71. The van der Waals surface area contributed by atoms with Gasteiger partial charge in [0.1, 0.15) is 5.69 Å². The molecule has 2 aromatic rings. The number of aromatic amines is 1. The number of nitrogens with zero attached hydrogens (tertiary/aromatic N) is 1. The van der Waals surface area contributed by atoms with Crippen LogP contribution in [-0.4, -0.2) is 41.1 Å². The highest BCUT2D eigenvalue weighted by Crippen LogP contribution is 2.20. The summed E-state index contributed by atoms with van der Waals surface area (Å²) in [5.41, 5.74) is 1.37. The lowest BCUT2D eigenvalue weighted by Crippen LogP contribution is -2.29. The van der Waals surface area contributed by atoms with Crippen LogP contribution in [0.2, 0.25) is 5.02 Å². The van der Waals surface area contributed by atoms with Gasteiger partial charge in [-0.3, -0.25) is 4.79 Å². The van der Waals surface area contributed by atoms with E-state index in [1.165, 1.54) is 4.90 Å². The van der Waals surface area contributed by atoms with Gasteiger partial charge in [0.15, 0.2) is 0 Å². The van der Waals surface area contributed by atoms with E-state index < -0.39 is 0 Å². The number of aliphatic hydroxyl groups excluding tert-OH is 1. The number of carbonyl (C=O) groups is 1. The third-order valence-corrected chi connectivity index (χ3v) is 2.83. The van der Waals surface area contributed by atoms with E-state index in [0.29, 0.717) is 17.3 Å². The number of hydrogen-bond donors (Lipinski definition) is 2. The summed E-state index contributed by atoms with van der Waals surface area (Å²) in [6, 6.07) is 7.17. The van der Waals surface area contributed by atoms with Crippen LogP contribution in [0.25, 0.3) is 10.9 Å². The SMILES string of the molecule is CN(CCO)C(=O)c1cc2cc(Cl)ccc2[nH]1. The second kappa shape index (κ2) is 4.77. The zero-order valence-corrected chi connectivity index (χ0v) is 10.2. The number of nitrogens with one attached hydrogen (secondary N) is 1. The summed E-state index contributed by atoms with van der Waals surface area (Å²) >= 11 is 5.88. The fourth-order valence-electron chi connectivity index (χ4n) is 1.68. The van der Waals surface area contributed by atoms with E-state index in [0.717, 1.165) is 10.9 Å². The molecule has 2 rings (SSSR count). The summed E-state index contributed by atoms with van der Waals surface area (Å²) in [4.78, 5) is 16.4. The maximum absolute atomic E-state index is 11.9. The second-order valence-corrected chi connectivity index (χ2v) is 4.30. The molecule has 0 aliphatic heterocycles. The van der Waals surface area contributed by atoms with Crippen molar-refractivity contribution >= 4 is 28.4 Å². The molecule has 2 N–H and O–H groups in total. The van der Waals surface area contributed by atoms with E-state index in [1.54, 1.807) is 25.2 Å². The summed E-state index contributed by atoms with van der Waals surface area (Å²) in [5, 5.41) is 10.3. The van der Waals surface area contributed by atoms with E-state index in [1.807, 2.05) is 6.07 Å². The molecule has 0 bridgehead atoms. The molecule has 0 aliphatic rings. The lowest BCUT2D eigenvalue weighted by molar-refractivity contribution is 0.0762. The Balaban J connectivity index is 2.33. The van der Waals surface area contributed by atoms with Gasteiger partial charge in [0.05, 0.1) is 6.61 Å². The molecule has 90 valence electrons. The molecular weight excluding hydrogens is 240 g/mol. The van der Waals surface area contributed by atoms with Gasteiger partial charge < -0.3 is 15.0 Å². The van der Waals surface area contributed by atoms with Gasteiger partial charge in [0.25, 0.3) is 5.91 Å². The van der Waals surface area contributed by atoms with E-state index in [-0.39, 0.29) is 12.5 Å². The molecule has 0 unspecified atom stereocenters. The smallest absolute Gasteiger partial charge is 0.270 e. The van der Waals surface area contributed by atoms with Gasteiger partial charge in [-0.1, -0.05) is 11.6 Å². The largest absolute Gasteiger partial charge is 0.395 e. The van der Waals surface area contributed by atoms with Crippen molar-refractivity contribution in [3.8, 4) is 0 Å². The van der Waals surface area contributed by atoms with E-state index in [4.69, 9.17) is 16.7 Å². The predicted molar refractivity (Wildman–Crippen MR) is 67.4 cm³/mol. The van der Waals surface area contributed by atoms with Crippen molar-refractivity contribution < 1.29 is 9.90 Å². The minimum atomic E-state index is -0.147. The first-order valence-electron chi connectivity index (χ1n) is 5.26. The molecule has 1 aromatic heterocycles. The van der Waals surface area contributed by atoms with Gasteiger partial charge >= 0.3 is 0 Å². The van der Waals surface area contributed by atoms with Crippen LogP contribution in [0.5, 0.6) is 0 Å². The lowest BCUT2D eigenvalue weighted by atomic mass is 10.2. The van der Waals surface area contributed by atoms with Gasteiger partial charge in [-0.2, -0.15) is 0 Å². The normalized spacial score (nSPS) is 10.8. The minimum absolute atomic E-state index is 0.0473. The van der Waals surface area contributed by atoms with Gasteiger partial charge in [0, 0.05) is 29.5 Å². The molecule has 1 heterocycles. The van der Waals surface area contributed by atoms with Crippen molar-refractivity contribution in [3.63, 3.8) is 0 Å². The molecule has 0 radical (unpaired) electrons. The highest BCUT2D eigenvalue weighted by Gasteiger charge is 2.13. The minimum Gasteiger partial charge on any atom is -0.395 e. The van der Waals surface area contributed by atoms with Crippen molar-refractivity contribution in [2.75, 3.05) is 20.2 Å². The Labute approximate surface area is 104 Å². The third kappa shape index (κ3) is 2.43. The standard InChI is InChI=1S/C12H13ClN2O2/c1-15(4-5-16)12(17)11-7-8-6-9(13)2-3-10(8)14-11/h2-3,6-7,14,16H,4-5H2,1H3. The monoisotopic (exact) mass is 252 g/mol. The molecule has 0 fully saturated rings. The molecule has 0 aliphatic carbocycles. The first-order chi connectivity index (χ1) is 8.11. The average molecular weight is 253 g/mol. The van der Waals surface area contributed by atoms with Gasteiger partial charge in [-0.15, -0.1) is 0 Å². The Bertz CT molecular complexity index is 550. The highest BCUT2D eigenvalue weighted by molar-refractivity contribution is 6.31. The van der Waals surface area contributed by atoms with Crippen LogP contribution in [0.1, 0.15) is 10.5 Å². The van der Waals surface area contributed by atoms with Crippen molar-refractivity contribution in [1.82, 2.24) is 9.88 Å². The van der Waals surface area contributed by atoms with E-state index in [2.05, 4.69) is 4.98 Å². The van der Waals surface area contributed by atoms with Gasteiger partial charge in [0.2, 0.25) is 0 Å². The molecule has 0 spiro atoms. The number of H-pyrrole nitrogens is 1. The van der Waals surface area contributed by atoms with Crippen LogP contribution in [0.15, 0.2) is 24.3 Å². The number of fused-ring (bicyclic) bond motifs is 1. The van der Waals surface area contributed by atoms with Crippen LogP contribution < -0.4 is 0 Å². The molecular formula is C12H13ClN2O2. The summed E-state index contributed by atoms with van der Waals surface area (Å²) in [6.07, 6.45) is 0. The van der Waals surface area contributed by atoms with Crippen LogP contribution in [0, 0.1) is 0 Å². The van der Waals surface area contributed by atoms with Crippen molar-refractivity contribution in [1.29, 1.82) is 0 Å². The van der Waals surface area contributed by atoms with Crippen LogP contribution >= 0.6 is 11.6 Å². The fraction of sp³-hybridized carbons (Fsp3) is 0.250. The van der Waals surface area contributed by atoms with Crippen LogP contribution in [0.3, 0.4) is 0 Å². The number of likely N-dealkylation sites (N-methyl/N-ethyl adjacent to an activating group) is 1. The predicted octanol–water partition coefficient (Wildman–Crippen LogP) is 1.89. The first kappa shape index (κ1) is 12.0. The quantitative estimate of drug-likeness (QED) is 0.877. The summed E-state index contributed by atoms with van der Waals surface area (Å²) in [7, 11) is 1.65. The highest BCUT2D eigenvalue weighted by atomic mass is 35.5. The Kier molecular flexibility index (Phi) is 3.36. The Hall–Kier alpha value is -1.52.